The average molecular weight is 477 g/mol. The van der Waals surface area contributed by atoms with Crippen molar-refractivity contribution in [3.8, 4) is 0 Å². The van der Waals surface area contributed by atoms with Crippen LogP contribution in [0.5, 0.6) is 0 Å². The zero-order valence-corrected chi connectivity index (χ0v) is 20.9. The van der Waals surface area contributed by atoms with Crippen LogP contribution in [-0.4, -0.2) is 59.2 Å². The molecule has 1 aromatic carbocycles. The van der Waals surface area contributed by atoms with E-state index in [1.165, 1.54) is 34.5 Å². The molecule has 0 radical (unpaired) electrons. The third kappa shape index (κ3) is 5.18. The predicted octanol–water partition coefficient (Wildman–Crippen LogP) is 4.03. The van der Waals surface area contributed by atoms with E-state index in [9.17, 15) is 4.79 Å². The Balaban J connectivity index is 1.34. The largest absolute Gasteiger partial charge is 0.372 e. The van der Waals surface area contributed by atoms with Crippen LogP contribution in [0.1, 0.15) is 67.3 Å². The van der Waals surface area contributed by atoms with Crippen molar-refractivity contribution < 1.29 is 4.79 Å². The summed E-state index contributed by atoms with van der Waals surface area (Å²) < 4.78 is 0. The maximum Gasteiger partial charge on any atom is 0.259 e. The molecule has 1 amide bonds. The number of carbonyl (C=O) groups is 1. The van der Waals surface area contributed by atoms with Crippen molar-refractivity contribution in [3.63, 3.8) is 0 Å². The molecule has 2 aliphatic carbocycles. The molecule has 0 spiro atoms. The summed E-state index contributed by atoms with van der Waals surface area (Å²) in [5, 5.41) is 14.9. The minimum atomic E-state index is -0.00969. The summed E-state index contributed by atoms with van der Waals surface area (Å²) >= 11 is 1.78. The van der Waals surface area contributed by atoms with Gasteiger partial charge in [-0.15, -0.1) is 11.8 Å². The van der Waals surface area contributed by atoms with Crippen LogP contribution in [0.3, 0.4) is 0 Å². The Kier molecular flexibility index (Phi) is 7.55. The molecule has 1 N–H and O–H groups in total. The molecule has 0 bridgehead atoms. The number of thioether (sulfide) groups is 1. The predicted molar refractivity (Wildman–Crippen MR) is 142 cm³/mol. The monoisotopic (exact) mass is 476 g/mol. The van der Waals surface area contributed by atoms with Gasteiger partial charge in [0, 0.05) is 56.4 Å². The SMILES string of the molecule is N=CN(C(=O)c1cc(CN2CCN(C3=CSC=CC3)CC2)c2c(c1)=CCCC=2)C1CCCCC1. The van der Waals surface area contributed by atoms with E-state index in [0.717, 1.165) is 83.2 Å². The summed E-state index contributed by atoms with van der Waals surface area (Å²) in [6.45, 7) is 5.07. The molecule has 0 unspecified atom stereocenters. The highest BCUT2D eigenvalue weighted by molar-refractivity contribution is 8.04. The summed E-state index contributed by atoms with van der Waals surface area (Å²) in [6.07, 6.45) is 16.8. The molecule has 2 fully saturated rings. The number of rotatable bonds is 6. The number of hydrogen-bond acceptors (Lipinski definition) is 5. The second-order valence-corrected chi connectivity index (χ2v) is 10.6. The van der Waals surface area contributed by atoms with Crippen LogP contribution in [0, 0.1) is 5.41 Å². The number of carbonyl (C=O) groups excluding carboxylic acids is 1. The number of allylic oxidation sites excluding steroid dienone is 1. The zero-order chi connectivity index (χ0) is 23.3. The number of piperazine rings is 1. The van der Waals surface area contributed by atoms with Gasteiger partial charge in [-0.2, -0.15) is 0 Å². The van der Waals surface area contributed by atoms with Crippen molar-refractivity contribution in [3.05, 3.63) is 56.3 Å². The molecule has 4 aliphatic rings. The van der Waals surface area contributed by atoms with Crippen molar-refractivity contribution in [2.24, 2.45) is 0 Å². The van der Waals surface area contributed by atoms with Gasteiger partial charge in [0.2, 0.25) is 0 Å². The maximum atomic E-state index is 13.5. The minimum absolute atomic E-state index is 0.00969. The molecule has 180 valence electrons. The van der Waals surface area contributed by atoms with Gasteiger partial charge in [-0.3, -0.25) is 20.0 Å². The van der Waals surface area contributed by atoms with Crippen LogP contribution in [0.25, 0.3) is 12.2 Å². The maximum absolute atomic E-state index is 13.5. The smallest absolute Gasteiger partial charge is 0.259 e. The molecule has 1 saturated carbocycles. The average Bonchev–Trinajstić information content (AvgIpc) is 2.90. The second kappa shape index (κ2) is 11.0. The lowest BCUT2D eigenvalue weighted by Crippen LogP contribution is -2.46. The molecule has 0 aromatic heterocycles. The van der Waals surface area contributed by atoms with E-state index in [0.29, 0.717) is 0 Å². The van der Waals surface area contributed by atoms with E-state index in [2.05, 4.69) is 51.0 Å². The van der Waals surface area contributed by atoms with E-state index in [1.807, 2.05) is 0 Å². The highest BCUT2D eigenvalue weighted by atomic mass is 32.2. The Morgan fingerprint density at radius 2 is 1.88 bits per heavy atom. The Morgan fingerprint density at radius 3 is 2.62 bits per heavy atom. The quantitative estimate of drug-likeness (QED) is 0.498. The van der Waals surface area contributed by atoms with Crippen LogP contribution in [-0.2, 0) is 6.54 Å². The number of amides is 1. The van der Waals surface area contributed by atoms with Gasteiger partial charge in [0.15, 0.2) is 0 Å². The van der Waals surface area contributed by atoms with E-state index in [-0.39, 0.29) is 11.9 Å². The number of fused-ring (bicyclic) bond motifs is 1. The van der Waals surface area contributed by atoms with Gasteiger partial charge in [-0.25, -0.2) is 0 Å². The van der Waals surface area contributed by atoms with Crippen molar-refractivity contribution in [1.82, 2.24) is 14.7 Å². The summed E-state index contributed by atoms with van der Waals surface area (Å²) in [5.41, 5.74) is 3.44. The number of nitrogens with one attached hydrogen (secondary N) is 1. The zero-order valence-electron chi connectivity index (χ0n) is 20.0. The number of nitrogens with zero attached hydrogens (tertiary/aromatic N) is 3. The van der Waals surface area contributed by atoms with E-state index >= 15 is 0 Å². The molecular weight excluding hydrogens is 440 g/mol. The highest BCUT2D eigenvalue weighted by Crippen LogP contribution is 2.24. The third-order valence-corrected chi connectivity index (χ3v) is 8.40. The van der Waals surface area contributed by atoms with Gasteiger partial charge in [-0.05, 0) is 64.6 Å². The Bertz CT molecular complexity index is 1090. The molecule has 5 rings (SSSR count). The van der Waals surface area contributed by atoms with Gasteiger partial charge in [0.1, 0.15) is 0 Å². The summed E-state index contributed by atoms with van der Waals surface area (Å²) in [5.74, 6) is -0.00969. The first kappa shape index (κ1) is 23.4. The van der Waals surface area contributed by atoms with E-state index in [4.69, 9.17) is 5.41 Å². The molecule has 2 aliphatic heterocycles. The first-order chi connectivity index (χ1) is 16.7. The normalized spacial score (nSPS) is 21.2. The number of benzene rings is 1. The fourth-order valence-electron chi connectivity index (χ4n) is 5.74. The first-order valence-electron chi connectivity index (χ1n) is 12.9. The second-order valence-electron chi connectivity index (χ2n) is 9.84. The van der Waals surface area contributed by atoms with Crippen LogP contribution >= 0.6 is 11.8 Å². The Labute approximate surface area is 207 Å². The molecule has 6 heteroatoms. The highest BCUT2D eigenvalue weighted by Gasteiger charge is 2.26. The summed E-state index contributed by atoms with van der Waals surface area (Å²) in [7, 11) is 0. The van der Waals surface area contributed by atoms with Gasteiger partial charge >= 0.3 is 0 Å². The Morgan fingerprint density at radius 1 is 1.09 bits per heavy atom. The van der Waals surface area contributed by atoms with Crippen LogP contribution in [0.4, 0.5) is 0 Å². The fourth-order valence-corrected chi connectivity index (χ4v) is 6.43. The van der Waals surface area contributed by atoms with Crippen LogP contribution < -0.4 is 10.4 Å². The van der Waals surface area contributed by atoms with Crippen molar-refractivity contribution >= 4 is 36.2 Å². The fraction of sp³-hybridized carbons (Fsp3) is 0.500. The van der Waals surface area contributed by atoms with Crippen molar-refractivity contribution in [2.45, 2.75) is 64.0 Å². The topological polar surface area (TPSA) is 50.6 Å². The lowest BCUT2D eigenvalue weighted by Gasteiger charge is -2.37. The lowest BCUT2D eigenvalue weighted by atomic mass is 9.93. The van der Waals surface area contributed by atoms with Crippen LogP contribution in [0.15, 0.2) is 34.7 Å². The summed E-state index contributed by atoms with van der Waals surface area (Å²) in [6, 6.07) is 4.35. The molecule has 2 heterocycles. The van der Waals surface area contributed by atoms with Gasteiger partial charge in [0.05, 0.1) is 6.34 Å². The lowest BCUT2D eigenvalue weighted by molar-refractivity contribution is 0.0782. The molecule has 1 saturated heterocycles. The molecule has 5 nitrogen and oxygen atoms in total. The summed E-state index contributed by atoms with van der Waals surface area (Å²) in [4.78, 5) is 20.3. The third-order valence-electron chi connectivity index (χ3n) is 7.64. The Hall–Kier alpha value is -2.31. The van der Waals surface area contributed by atoms with E-state index in [1.54, 1.807) is 16.7 Å². The number of hydrogen-bond donors (Lipinski definition) is 1. The van der Waals surface area contributed by atoms with E-state index < -0.39 is 0 Å². The van der Waals surface area contributed by atoms with Gasteiger partial charge in [0.25, 0.3) is 5.91 Å². The van der Waals surface area contributed by atoms with Crippen molar-refractivity contribution in [1.29, 1.82) is 5.41 Å². The molecular formula is C28H36N4OS. The van der Waals surface area contributed by atoms with Gasteiger partial charge < -0.3 is 4.90 Å². The standard InChI is InChI=1S/C28H36N4OS/c29-21-32(25-8-2-1-3-9-25)28(33)23-17-22-7-4-5-11-27(22)24(18-23)19-30-12-14-31(15-13-30)26-10-6-16-34-20-26/h6-7,11,16-18,20-21,25,29H,1-5,8-10,12-15,19H2. The van der Waals surface area contributed by atoms with Gasteiger partial charge in [-0.1, -0.05) is 37.5 Å². The minimum Gasteiger partial charge on any atom is -0.372 e. The molecule has 1 aromatic rings. The van der Waals surface area contributed by atoms with Crippen molar-refractivity contribution in [2.75, 3.05) is 26.2 Å². The molecule has 34 heavy (non-hydrogen) atoms. The van der Waals surface area contributed by atoms with Crippen LogP contribution in [0.2, 0.25) is 0 Å². The molecule has 0 atom stereocenters. The first-order valence-corrected chi connectivity index (χ1v) is 13.8.